The summed E-state index contributed by atoms with van der Waals surface area (Å²) in [5.74, 6) is -3.75. The Hall–Kier alpha value is -2.64. The standard InChI is InChI=1S/C69H110O37/c1-25-47(100-54-44(85)36(77)29(75)21-93-54)48(101-60-52(88)69(92,23-73)24-95-60)46(87)56(96-25)102-49-37(78)30(76)22-94-57(49)106-62(91)68-14-12-63(2,3)16-27(68)26-8-9-34-64(4)17-28(74)53(67(7,61(89)90)35(64)10-11-66(34,6)65(26,5)13-15-68)105-59-51(43(84)40(81)33(20-72)99-59)104-58-50(42(83)39(80)32(19-71)98-58)103-55-45(86)41(82)38(79)31(18-70)97-55/h8,25,27-60,70-88,92H,9-24H2,1-7H3,(H,89,90). The van der Waals surface area contributed by atoms with Gasteiger partial charge in [0.15, 0.2) is 43.8 Å². The molecule has 0 aromatic rings. The molecule has 12 rings (SSSR count). The van der Waals surface area contributed by atoms with Crippen molar-refractivity contribution in [3.05, 3.63) is 11.6 Å². The fourth-order valence-corrected chi connectivity index (χ4v) is 20.1. The molecule has 7 aliphatic heterocycles. The van der Waals surface area contributed by atoms with E-state index in [1.54, 1.807) is 0 Å². The molecule has 0 amide bonds. The predicted octanol–water partition coefficient (Wildman–Crippen LogP) is -7.58. The Morgan fingerprint density at radius 1 is 0.491 bits per heavy atom. The van der Waals surface area contributed by atoms with Gasteiger partial charge in [0.25, 0.3) is 0 Å². The smallest absolute Gasteiger partial charge is 0.315 e. The van der Waals surface area contributed by atoms with Crippen LogP contribution < -0.4 is 0 Å². The Morgan fingerprint density at radius 3 is 1.58 bits per heavy atom. The molecular formula is C69H110O37. The number of rotatable bonds is 19. The summed E-state index contributed by atoms with van der Waals surface area (Å²) in [5, 5.41) is 231. The first-order valence-corrected chi connectivity index (χ1v) is 36.7. The van der Waals surface area contributed by atoms with Crippen LogP contribution in [0.5, 0.6) is 0 Å². The van der Waals surface area contributed by atoms with E-state index in [0.717, 1.165) is 5.57 Å². The van der Waals surface area contributed by atoms with Crippen LogP contribution in [0, 0.1) is 50.2 Å². The molecule has 0 aromatic heterocycles. The number of esters is 1. The fraction of sp³-hybridized carbons (Fsp3) is 0.942. The Labute approximate surface area is 609 Å². The lowest BCUT2D eigenvalue weighted by Gasteiger charge is -2.71. The first-order chi connectivity index (χ1) is 49.7. The number of aliphatic hydroxyl groups excluding tert-OH is 19. The topological polar surface area (TPSA) is 588 Å². The van der Waals surface area contributed by atoms with E-state index in [1.165, 1.54) is 13.8 Å². The molecule has 0 radical (unpaired) electrons. The summed E-state index contributed by atoms with van der Waals surface area (Å²) in [6.45, 7) is 7.91. The molecule has 12 aliphatic rings. The maximum Gasteiger partial charge on any atom is 0.315 e. The van der Waals surface area contributed by atoms with E-state index in [9.17, 15) is 112 Å². The van der Waals surface area contributed by atoms with E-state index in [1.807, 2.05) is 6.92 Å². The van der Waals surface area contributed by atoms with Crippen molar-refractivity contribution in [3.63, 3.8) is 0 Å². The normalized spacial score (nSPS) is 54.6. The predicted molar refractivity (Wildman–Crippen MR) is 345 cm³/mol. The molecule has 21 N–H and O–H groups in total. The van der Waals surface area contributed by atoms with Crippen LogP contribution in [0.25, 0.3) is 0 Å². The third-order valence-electron chi connectivity index (χ3n) is 26.8. The summed E-state index contributed by atoms with van der Waals surface area (Å²) < 4.78 is 84.1. The highest BCUT2D eigenvalue weighted by atomic mass is 16.8. The molecule has 106 heavy (non-hydrogen) atoms. The van der Waals surface area contributed by atoms with E-state index >= 15 is 4.79 Å². The molecule has 37 nitrogen and oxygen atoms in total. The van der Waals surface area contributed by atoms with Gasteiger partial charge in [0.05, 0.1) is 69.3 Å². The molecule has 608 valence electrons. The van der Waals surface area contributed by atoms with Gasteiger partial charge in [0.1, 0.15) is 140 Å². The van der Waals surface area contributed by atoms with Crippen molar-refractivity contribution in [1.29, 1.82) is 0 Å². The average Bonchev–Trinajstić information content (AvgIpc) is 0.782. The van der Waals surface area contributed by atoms with Crippen LogP contribution in [-0.4, -0.2) is 368 Å². The monoisotopic (exact) mass is 1530 g/mol. The third kappa shape index (κ3) is 14.0. The van der Waals surface area contributed by atoms with E-state index < -0.39 is 299 Å². The van der Waals surface area contributed by atoms with Gasteiger partial charge < -0.3 is 174 Å². The molecule has 37 heteroatoms. The molecule has 7 saturated heterocycles. The highest BCUT2D eigenvalue weighted by molar-refractivity contribution is 5.79. The number of carboxylic acid groups (broad SMARTS) is 1. The molecule has 0 aromatic carbocycles. The van der Waals surface area contributed by atoms with Crippen LogP contribution in [0.4, 0.5) is 0 Å². The number of hydrogen-bond acceptors (Lipinski definition) is 36. The lowest BCUT2D eigenvalue weighted by Crippen LogP contribution is -2.71. The van der Waals surface area contributed by atoms with Gasteiger partial charge in [-0.1, -0.05) is 46.3 Å². The van der Waals surface area contributed by atoms with Gasteiger partial charge in [-0.15, -0.1) is 0 Å². The van der Waals surface area contributed by atoms with Crippen LogP contribution in [0.1, 0.15) is 106 Å². The quantitative estimate of drug-likeness (QED) is 0.0324. The maximum absolute atomic E-state index is 15.7. The highest BCUT2D eigenvalue weighted by Gasteiger charge is 2.74. The Kier molecular flexibility index (Phi) is 24.2. The minimum Gasteiger partial charge on any atom is -0.481 e. The summed E-state index contributed by atoms with van der Waals surface area (Å²) >= 11 is 0. The number of allylic oxidation sites excluding steroid dienone is 2. The van der Waals surface area contributed by atoms with Crippen molar-refractivity contribution < 1.29 is 183 Å². The number of carboxylic acids is 1. The molecule has 4 saturated carbocycles. The highest BCUT2D eigenvalue weighted by Crippen LogP contribution is 2.76. The largest absolute Gasteiger partial charge is 0.481 e. The minimum atomic E-state index is -2.21. The number of fused-ring (bicyclic) bond motifs is 7. The fourth-order valence-electron chi connectivity index (χ4n) is 20.1. The Morgan fingerprint density at radius 2 is 1.00 bits per heavy atom. The number of carbonyl (C=O) groups excluding carboxylic acids is 1. The van der Waals surface area contributed by atoms with Crippen molar-refractivity contribution in [2.45, 2.75) is 308 Å². The molecule has 11 fully saturated rings. The Bertz CT molecular complexity index is 3080. The van der Waals surface area contributed by atoms with Crippen molar-refractivity contribution >= 4 is 11.9 Å². The lowest BCUT2D eigenvalue weighted by molar-refractivity contribution is -0.400. The summed E-state index contributed by atoms with van der Waals surface area (Å²) in [4.78, 5) is 30.1. The molecule has 7 heterocycles. The Balaban J connectivity index is 0.795. The van der Waals surface area contributed by atoms with Crippen molar-refractivity contribution in [2.75, 3.05) is 46.2 Å². The first-order valence-electron chi connectivity index (χ1n) is 36.7. The van der Waals surface area contributed by atoms with E-state index in [4.69, 9.17) is 66.3 Å². The van der Waals surface area contributed by atoms with E-state index in [0.29, 0.717) is 38.5 Å². The zero-order valence-corrected chi connectivity index (χ0v) is 60.0. The number of hydrogen-bond donors (Lipinski definition) is 21. The van der Waals surface area contributed by atoms with Crippen LogP contribution >= 0.6 is 0 Å². The minimum absolute atomic E-state index is 0.0777. The van der Waals surface area contributed by atoms with Gasteiger partial charge in [0, 0.05) is 0 Å². The number of ether oxygens (including phenoxy) is 14. The van der Waals surface area contributed by atoms with Crippen LogP contribution in [0.2, 0.25) is 0 Å². The molecule has 0 spiro atoms. The van der Waals surface area contributed by atoms with Gasteiger partial charge in [0.2, 0.25) is 6.29 Å². The van der Waals surface area contributed by atoms with Gasteiger partial charge >= 0.3 is 11.9 Å². The van der Waals surface area contributed by atoms with Crippen molar-refractivity contribution in [2.24, 2.45) is 50.2 Å². The van der Waals surface area contributed by atoms with Crippen LogP contribution in [0.15, 0.2) is 11.6 Å². The van der Waals surface area contributed by atoms with Gasteiger partial charge in [-0.3, -0.25) is 9.59 Å². The summed E-state index contributed by atoms with van der Waals surface area (Å²) in [6, 6.07) is 0. The van der Waals surface area contributed by atoms with Crippen LogP contribution in [0.3, 0.4) is 0 Å². The molecule has 41 atom stereocenters. The van der Waals surface area contributed by atoms with E-state index in [-0.39, 0.29) is 30.6 Å². The summed E-state index contributed by atoms with van der Waals surface area (Å²) in [5.41, 5.74) is -7.23. The van der Waals surface area contributed by atoms with Crippen molar-refractivity contribution in [3.8, 4) is 0 Å². The first kappa shape index (κ1) is 82.8. The molecule has 5 aliphatic carbocycles. The van der Waals surface area contributed by atoms with Crippen molar-refractivity contribution in [1.82, 2.24) is 0 Å². The number of carbonyl (C=O) groups is 2. The van der Waals surface area contributed by atoms with Gasteiger partial charge in [-0.25, -0.2) is 0 Å². The second kappa shape index (κ2) is 30.9. The van der Waals surface area contributed by atoms with E-state index in [2.05, 4.69) is 33.8 Å². The maximum atomic E-state index is 15.7. The zero-order chi connectivity index (χ0) is 77.4. The second-order valence-corrected chi connectivity index (χ2v) is 33.4. The zero-order valence-electron chi connectivity index (χ0n) is 60.0. The lowest BCUT2D eigenvalue weighted by atomic mass is 9.33. The molecule has 0 bridgehead atoms. The van der Waals surface area contributed by atoms with Crippen LogP contribution in [-0.2, 0) is 75.9 Å². The second-order valence-electron chi connectivity index (χ2n) is 33.4. The number of aliphatic carboxylic acids is 1. The number of aliphatic hydroxyl groups is 20. The van der Waals surface area contributed by atoms with Gasteiger partial charge in [-0.2, -0.15) is 0 Å². The molecular weight excluding hydrogens is 1420 g/mol. The van der Waals surface area contributed by atoms with Gasteiger partial charge in [-0.05, 0) is 111 Å². The average molecular weight is 1530 g/mol. The summed E-state index contributed by atoms with van der Waals surface area (Å²) in [7, 11) is 0. The SMILES string of the molecule is CC1OC(OC2C(OC(=O)C34CCC(C)(C)CC3C3=CCC5C6(C)CC(O)C(OC7OC(CO)C(O)C(O)C7OC7OC(CO)C(O)C(O)C7OC7OC(CO)C(O)C(O)C7O)C(C)(C(=O)O)C6CCC5(C)C3(C)CC4)OCC(O)C2O)C(O)C(OC2OCC(O)(CO)C2O)C1OC1OCC(O)C(O)C1O. The third-order valence-corrected chi connectivity index (χ3v) is 26.8. The summed E-state index contributed by atoms with van der Waals surface area (Å²) in [6.07, 6.45) is -53.1. The molecule has 41 unspecified atom stereocenters.